The standard InChI is InChI=1S/C21H18N4O2S/c1-14-8-9-17(25-18-11-22-13-23-19(18)24(2)21(25)28)16(10-14)20(26)27-12-15-6-4-3-5-7-15/h3-11,13H,12H2,1-2H3. The molecule has 0 atom stereocenters. The lowest BCUT2D eigenvalue weighted by Gasteiger charge is -2.12. The van der Waals surface area contributed by atoms with Crippen molar-refractivity contribution >= 4 is 29.4 Å². The molecule has 0 unspecified atom stereocenters. The second-order valence-corrected chi connectivity index (χ2v) is 6.86. The van der Waals surface area contributed by atoms with E-state index in [2.05, 4.69) is 9.97 Å². The zero-order chi connectivity index (χ0) is 19.7. The van der Waals surface area contributed by atoms with E-state index in [0.29, 0.717) is 21.7 Å². The maximum absolute atomic E-state index is 12.9. The average Bonchev–Trinajstić information content (AvgIpc) is 2.98. The summed E-state index contributed by atoms with van der Waals surface area (Å²) in [6, 6.07) is 15.2. The monoisotopic (exact) mass is 390 g/mol. The summed E-state index contributed by atoms with van der Waals surface area (Å²) in [4.78, 5) is 21.3. The highest BCUT2D eigenvalue weighted by Gasteiger charge is 2.19. The number of rotatable bonds is 4. The highest BCUT2D eigenvalue weighted by atomic mass is 32.1. The third kappa shape index (κ3) is 3.20. The van der Waals surface area contributed by atoms with Gasteiger partial charge in [0.05, 0.1) is 17.4 Å². The van der Waals surface area contributed by atoms with E-state index >= 15 is 0 Å². The third-order valence-electron chi connectivity index (χ3n) is 4.54. The molecule has 0 aliphatic carbocycles. The van der Waals surface area contributed by atoms with Crippen molar-refractivity contribution < 1.29 is 9.53 Å². The number of carbonyl (C=O) groups excluding carboxylic acids is 1. The Labute approximate surface area is 167 Å². The Morgan fingerprint density at radius 1 is 1.18 bits per heavy atom. The van der Waals surface area contributed by atoms with E-state index in [-0.39, 0.29) is 6.61 Å². The zero-order valence-electron chi connectivity index (χ0n) is 15.5. The maximum Gasteiger partial charge on any atom is 0.340 e. The van der Waals surface area contributed by atoms with Gasteiger partial charge >= 0.3 is 5.97 Å². The number of ether oxygens (including phenoxy) is 1. The number of esters is 1. The van der Waals surface area contributed by atoms with Gasteiger partial charge in [0.25, 0.3) is 0 Å². The molecule has 0 radical (unpaired) electrons. The Kier molecular flexibility index (Phi) is 4.75. The lowest BCUT2D eigenvalue weighted by Crippen LogP contribution is -2.11. The highest BCUT2D eigenvalue weighted by Crippen LogP contribution is 2.24. The highest BCUT2D eigenvalue weighted by molar-refractivity contribution is 7.71. The summed E-state index contributed by atoms with van der Waals surface area (Å²) in [7, 11) is 1.84. The minimum atomic E-state index is -0.404. The van der Waals surface area contributed by atoms with Crippen LogP contribution in [-0.4, -0.2) is 25.1 Å². The van der Waals surface area contributed by atoms with Crippen molar-refractivity contribution in [2.75, 3.05) is 0 Å². The van der Waals surface area contributed by atoms with Crippen molar-refractivity contribution in [2.24, 2.45) is 7.05 Å². The number of carbonyl (C=O) groups is 1. The molecule has 140 valence electrons. The lowest BCUT2D eigenvalue weighted by atomic mass is 10.1. The first-order chi connectivity index (χ1) is 13.6. The van der Waals surface area contributed by atoms with Crippen LogP contribution >= 0.6 is 12.2 Å². The van der Waals surface area contributed by atoms with Crippen molar-refractivity contribution in [1.29, 1.82) is 0 Å². The van der Waals surface area contributed by atoms with Crippen LogP contribution < -0.4 is 0 Å². The second-order valence-electron chi connectivity index (χ2n) is 6.49. The quantitative estimate of drug-likeness (QED) is 0.387. The van der Waals surface area contributed by atoms with Crippen molar-refractivity contribution in [1.82, 2.24) is 19.1 Å². The van der Waals surface area contributed by atoms with E-state index in [1.165, 1.54) is 6.33 Å². The molecule has 0 bridgehead atoms. The first-order valence-corrected chi connectivity index (χ1v) is 9.16. The average molecular weight is 390 g/mol. The number of aryl methyl sites for hydroxylation is 2. The largest absolute Gasteiger partial charge is 0.457 e. The van der Waals surface area contributed by atoms with Crippen LogP contribution in [0.5, 0.6) is 0 Å². The number of nitrogens with zero attached hydrogens (tertiary/aromatic N) is 4. The molecule has 0 amide bonds. The number of benzene rings is 2. The van der Waals surface area contributed by atoms with Gasteiger partial charge in [-0.25, -0.2) is 14.8 Å². The molecule has 0 aliphatic heterocycles. The Bertz CT molecular complexity index is 1230. The summed E-state index contributed by atoms with van der Waals surface area (Å²) in [6.45, 7) is 2.14. The molecule has 2 aromatic carbocycles. The first kappa shape index (κ1) is 18.1. The Morgan fingerprint density at radius 3 is 2.75 bits per heavy atom. The maximum atomic E-state index is 12.9. The van der Waals surface area contributed by atoms with Gasteiger partial charge < -0.3 is 9.30 Å². The van der Waals surface area contributed by atoms with E-state index in [1.807, 2.05) is 67.1 Å². The minimum Gasteiger partial charge on any atom is -0.457 e. The minimum absolute atomic E-state index is 0.205. The molecule has 0 N–H and O–H groups in total. The Hall–Kier alpha value is -3.32. The van der Waals surface area contributed by atoms with E-state index in [1.54, 1.807) is 10.8 Å². The van der Waals surface area contributed by atoms with Gasteiger partial charge in [0, 0.05) is 7.05 Å². The lowest BCUT2D eigenvalue weighted by molar-refractivity contribution is 0.0472. The van der Waals surface area contributed by atoms with Crippen LogP contribution in [0, 0.1) is 11.7 Å². The van der Waals surface area contributed by atoms with Crippen LogP contribution in [-0.2, 0) is 18.4 Å². The molecule has 0 spiro atoms. The van der Waals surface area contributed by atoms with Crippen LogP contribution in [0.25, 0.3) is 16.9 Å². The third-order valence-corrected chi connectivity index (χ3v) is 4.99. The summed E-state index contributed by atoms with van der Waals surface area (Å²) >= 11 is 5.60. The zero-order valence-corrected chi connectivity index (χ0v) is 16.3. The normalized spacial score (nSPS) is 10.9. The number of aromatic nitrogens is 4. The Balaban J connectivity index is 1.79. The molecule has 2 heterocycles. The van der Waals surface area contributed by atoms with Crippen molar-refractivity contribution in [2.45, 2.75) is 13.5 Å². The van der Waals surface area contributed by atoms with E-state index in [9.17, 15) is 4.79 Å². The summed E-state index contributed by atoms with van der Waals surface area (Å²) in [6.07, 6.45) is 3.17. The van der Waals surface area contributed by atoms with Crippen LogP contribution in [0.4, 0.5) is 0 Å². The molecule has 6 nitrogen and oxygen atoms in total. The molecule has 0 saturated heterocycles. The van der Waals surface area contributed by atoms with Gasteiger partial charge in [-0.2, -0.15) is 0 Å². The fourth-order valence-corrected chi connectivity index (χ4v) is 3.40. The summed E-state index contributed by atoms with van der Waals surface area (Å²) in [5.41, 5.74) is 4.41. The SMILES string of the molecule is Cc1ccc(-n2c(=S)n(C)c3ncncc32)c(C(=O)OCc2ccccc2)c1. The summed E-state index contributed by atoms with van der Waals surface area (Å²) < 4.78 is 9.70. The van der Waals surface area contributed by atoms with E-state index in [0.717, 1.165) is 16.6 Å². The molecule has 4 rings (SSSR count). The van der Waals surface area contributed by atoms with Gasteiger partial charge in [-0.05, 0) is 36.8 Å². The van der Waals surface area contributed by atoms with Crippen molar-refractivity contribution in [3.05, 3.63) is 82.5 Å². The summed E-state index contributed by atoms with van der Waals surface area (Å²) in [5.74, 6) is -0.404. The van der Waals surface area contributed by atoms with Crippen molar-refractivity contribution in [3.8, 4) is 5.69 Å². The second kappa shape index (κ2) is 7.36. The Morgan fingerprint density at radius 2 is 1.96 bits per heavy atom. The molecule has 2 aromatic heterocycles. The number of hydrogen-bond acceptors (Lipinski definition) is 5. The fourth-order valence-electron chi connectivity index (χ4n) is 3.12. The first-order valence-electron chi connectivity index (χ1n) is 8.76. The predicted octanol–water partition coefficient (Wildman–Crippen LogP) is 4.15. The molecule has 7 heteroatoms. The molecule has 4 aromatic rings. The predicted molar refractivity (Wildman–Crippen MR) is 109 cm³/mol. The van der Waals surface area contributed by atoms with Gasteiger partial charge in [-0.3, -0.25) is 4.57 Å². The van der Waals surface area contributed by atoms with Gasteiger partial charge in [-0.1, -0.05) is 42.0 Å². The molecular formula is C21H18N4O2S. The van der Waals surface area contributed by atoms with Gasteiger partial charge in [0.1, 0.15) is 18.5 Å². The van der Waals surface area contributed by atoms with Gasteiger partial charge in [0.15, 0.2) is 10.4 Å². The molecule has 28 heavy (non-hydrogen) atoms. The summed E-state index contributed by atoms with van der Waals surface area (Å²) in [5, 5.41) is 0. The molecular weight excluding hydrogens is 372 g/mol. The van der Waals surface area contributed by atoms with Crippen LogP contribution in [0.2, 0.25) is 0 Å². The van der Waals surface area contributed by atoms with Crippen molar-refractivity contribution in [3.63, 3.8) is 0 Å². The number of hydrogen-bond donors (Lipinski definition) is 0. The van der Waals surface area contributed by atoms with Crippen LogP contribution in [0.15, 0.2) is 61.1 Å². The van der Waals surface area contributed by atoms with E-state index in [4.69, 9.17) is 17.0 Å². The van der Waals surface area contributed by atoms with Gasteiger partial charge in [-0.15, -0.1) is 0 Å². The number of fused-ring (bicyclic) bond motifs is 1. The van der Waals surface area contributed by atoms with Crippen LogP contribution in [0.1, 0.15) is 21.5 Å². The van der Waals surface area contributed by atoms with Crippen LogP contribution in [0.3, 0.4) is 0 Å². The fraction of sp³-hybridized carbons (Fsp3) is 0.143. The topological polar surface area (TPSA) is 61.9 Å². The smallest absolute Gasteiger partial charge is 0.340 e. The molecule has 0 fully saturated rings. The van der Waals surface area contributed by atoms with E-state index < -0.39 is 5.97 Å². The molecule has 0 saturated carbocycles. The molecule has 0 aliphatic rings. The van der Waals surface area contributed by atoms with Gasteiger partial charge in [0.2, 0.25) is 0 Å². The number of imidazole rings is 1.